The van der Waals surface area contributed by atoms with E-state index in [-0.39, 0.29) is 12.1 Å². The van der Waals surface area contributed by atoms with E-state index in [9.17, 15) is 4.79 Å². The van der Waals surface area contributed by atoms with E-state index in [4.69, 9.17) is 16.3 Å². The minimum atomic E-state index is -0.467. The molecule has 7 heteroatoms. The van der Waals surface area contributed by atoms with Crippen molar-refractivity contribution in [3.63, 3.8) is 0 Å². The Hall–Kier alpha value is -1.40. The molecule has 1 aromatic heterocycles. The highest BCUT2D eigenvalue weighted by Gasteiger charge is 2.30. The van der Waals surface area contributed by atoms with E-state index in [1.54, 1.807) is 6.07 Å². The Morgan fingerprint density at radius 2 is 2.17 bits per heavy atom. The van der Waals surface area contributed by atoms with Crippen LogP contribution in [0, 0.1) is 0 Å². The minimum Gasteiger partial charge on any atom is -0.444 e. The highest BCUT2D eigenvalue weighted by molar-refractivity contribution is 6.29. The summed E-state index contributed by atoms with van der Waals surface area (Å²) in [6.45, 7) is 7.73. The number of likely N-dealkylation sites (tertiary alicyclic amines) is 1. The second-order valence-corrected chi connectivity index (χ2v) is 7.19. The Labute approximate surface area is 142 Å². The number of hydrogen-bond donors (Lipinski definition) is 1. The van der Waals surface area contributed by atoms with Crippen LogP contribution in [0.3, 0.4) is 0 Å². The lowest BCUT2D eigenvalue weighted by Gasteiger charge is -2.36. The molecule has 0 aliphatic carbocycles. The van der Waals surface area contributed by atoms with E-state index in [1.807, 2.05) is 31.7 Å². The Morgan fingerprint density at radius 1 is 1.39 bits per heavy atom. The van der Waals surface area contributed by atoms with Gasteiger partial charge in [-0.05, 0) is 52.2 Å². The molecule has 1 saturated heterocycles. The summed E-state index contributed by atoms with van der Waals surface area (Å²) in [5, 5.41) is 11.6. The molecule has 0 saturated carbocycles. The maximum absolute atomic E-state index is 12.3. The largest absolute Gasteiger partial charge is 0.444 e. The van der Waals surface area contributed by atoms with Gasteiger partial charge in [0.2, 0.25) is 0 Å². The molecule has 1 N–H and O–H groups in total. The number of aromatic nitrogens is 2. The van der Waals surface area contributed by atoms with Gasteiger partial charge in [-0.2, -0.15) is 5.10 Å². The van der Waals surface area contributed by atoms with Crippen LogP contribution in [0.15, 0.2) is 12.1 Å². The number of carbonyl (C=O) groups is 1. The summed E-state index contributed by atoms with van der Waals surface area (Å²) in [6, 6.07) is 3.72. The van der Waals surface area contributed by atoms with Gasteiger partial charge in [-0.1, -0.05) is 11.6 Å². The molecule has 6 nitrogen and oxygen atoms in total. The number of amides is 1. The molecule has 23 heavy (non-hydrogen) atoms. The average Bonchev–Trinajstić information content (AvgIpc) is 2.48. The highest BCUT2D eigenvalue weighted by Crippen LogP contribution is 2.20. The van der Waals surface area contributed by atoms with E-state index in [2.05, 4.69) is 15.5 Å². The van der Waals surface area contributed by atoms with Crippen LogP contribution in [0.2, 0.25) is 5.15 Å². The van der Waals surface area contributed by atoms with Crippen LogP contribution in [-0.2, 0) is 11.3 Å². The number of hydrogen-bond acceptors (Lipinski definition) is 5. The molecule has 0 bridgehead atoms. The third-order valence-corrected chi connectivity index (χ3v) is 3.83. The quantitative estimate of drug-likeness (QED) is 0.912. The Kier molecular flexibility index (Phi) is 6.18. The number of piperidine rings is 1. The number of halogens is 1. The number of nitrogens with zero attached hydrogens (tertiary/aromatic N) is 3. The fourth-order valence-electron chi connectivity index (χ4n) is 2.58. The molecule has 0 radical (unpaired) electrons. The highest BCUT2D eigenvalue weighted by atomic mass is 35.5. The Balaban J connectivity index is 1.86. The lowest BCUT2D eigenvalue weighted by molar-refractivity contribution is 0.00993. The molecule has 1 fully saturated rings. The SMILES string of the molecule is CC(C)(C)OC(=O)N1CCCC[C@H]1CNCc1ccc(Cl)nn1. The summed E-state index contributed by atoms with van der Waals surface area (Å²) < 4.78 is 5.51. The molecule has 2 heterocycles. The zero-order chi connectivity index (χ0) is 16.9. The fourth-order valence-corrected chi connectivity index (χ4v) is 2.68. The molecule has 1 atom stereocenters. The summed E-state index contributed by atoms with van der Waals surface area (Å²) in [7, 11) is 0. The standard InChI is InChI=1S/C16H25ClN4O2/c1-16(2,3)23-15(22)21-9-5-4-6-13(21)11-18-10-12-7-8-14(17)20-19-12/h7-8,13,18H,4-6,9-11H2,1-3H3/t13-/m0/s1. The summed E-state index contributed by atoms with van der Waals surface area (Å²) in [5.41, 5.74) is 0.361. The molecule has 128 valence electrons. The molecule has 1 aromatic rings. The van der Waals surface area contributed by atoms with Gasteiger partial charge < -0.3 is 15.0 Å². The maximum atomic E-state index is 12.3. The first-order valence-electron chi connectivity index (χ1n) is 8.03. The van der Waals surface area contributed by atoms with Crippen molar-refractivity contribution in [3.05, 3.63) is 23.0 Å². The van der Waals surface area contributed by atoms with Gasteiger partial charge in [-0.25, -0.2) is 4.79 Å². The predicted molar refractivity (Wildman–Crippen MR) is 89.3 cm³/mol. The fraction of sp³-hybridized carbons (Fsp3) is 0.688. The first kappa shape index (κ1) is 17.9. The monoisotopic (exact) mass is 340 g/mol. The van der Waals surface area contributed by atoms with Crippen molar-refractivity contribution in [2.45, 2.75) is 58.2 Å². The van der Waals surface area contributed by atoms with Crippen molar-refractivity contribution in [2.75, 3.05) is 13.1 Å². The van der Waals surface area contributed by atoms with Gasteiger partial charge in [0.05, 0.1) is 5.69 Å². The lowest BCUT2D eigenvalue weighted by Crippen LogP contribution is -2.50. The number of carbonyl (C=O) groups excluding carboxylic acids is 1. The van der Waals surface area contributed by atoms with Crippen LogP contribution in [0.4, 0.5) is 4.79 Å². The van der Waals surface area contributed by atoms with Crippen LogP contribution in [0.5, 0.6) is 0 Å². The summed E-state index contributed by atoms with van der Waals surface area (Å²) in [4.78, 5) is 14.2. The Morgan fingerprint density at radius 3 is 2.83 bits per heavy atom. The minimum absolute atomic E-state index is 0.152. The smallest absolute Gasteiger partial charge is 0.410 e. The van der Waals surface area contributed by atoms with Crippen molar-refractivity contribution in [1.29, 1.82) is 0 Å². The number of ether oxygens (including phenoxy) is 1. The van der Waals surface area contributed by atoms with Gasteiger partial charge in [0.15, 0.2) is 5.15 Å². The van der Waals surface area contributed by atoms with Crippen molar-refractivity contribution in [2.24, 2.45) is 0 Å². The van der Waals surface area contributed by atoms with Crippen molar-refractivity contribution in [1.82, 2.24) is 20.4 Å². The van der Waals surface area contributed by atoms with Crippen LogP contribution >= 0.6 is 11.6 Å². The maximum Gasteiger partial charge on any atom is 0.410 e. The van der Waals surface area contributed by atoms with Crippen LogP contribution in [-0.4, -0.2) is 45.9 Å². The van der Waals surface area contributed by atoms with E-state index >= 15 is 0 Å². The molecular weight excluding hydrogens is 316 g/mol. The van der Waals surface area contributed by atoms with Crippen LogP contribution < -0.4 is 5.32 Å². The average molecular weight is 341 g/mol. The predicted octanol–water partition coefficient (Wildman–Crippen LogP) is 3.01. The van der Waals surface area contributed by atoms with Gasteiger partial charge in [0.1, 0.15) is 5.60 Å². The van der Waals surface area contributed by atoms with Gasteiger partial charge in [-0.15, -0.1) is 5.10 Å². The summed E-state index contributed by atoms with van der Waals surface area (Å²) in [6.07, 6.45) is 2.92. The van der Waals surface area contributed by atoms with E-state index in [0.717, 1.165) is 31.5 Å². The van der Waals surface area contributed by atoms with E-state index < -0.39 is 5.60 Å². The second kappa shape index (κ2) is 7.93. The van der Waals surface area contributed by atoms with Gasteiger partial charge >= 0.3 is 6.09 Å². The molecule has 1 amide bonds. The second-order valence-electron chi connectivity index (χ2n) is 6.80. The molecule has 1 aliphatic rings. The lowest BCUT2D eigenvalue weighted by atomic mass is 10.0. The van der Waals surface area contributed by atoms with E-state index in [0.29, 0.717) is 18.2 Å². The zero-order valence-electron chi connectivity index (χ0n) is 14.0. The van der Waals surface area contributed by atoms with Gasteiger partial charge in [0.25, 0.3) is 0 Å². The van der Waals surface area contributed by atoms with Crippen LogP contribution in [0.25, 0.3) is 0 Å². The summed E-state index contributed by atoms with van der Waals surface area (Å²) >= 11 is 5.72. The van der Waals surface area contributed by atoms with Gasteiger partial charge in [0, 0.05) is 25.7 Å². The molecular formula is C16H25ClN4O2. The summed E-state index contributed by atoms with van der Waals surface area (Å²) in [5.74, 6) is 0. The van der Waals surface area contributed by atoms with Crippen molar-refractivity contribution in [3.8, 4) is 0 Å². The molecule has 0 spiro atoms. The number of nitrogens with one attached hydrogen (secondary N) is 1. The number of rotatable bonds is 4. The third-order valence-electron chi connectivity index (χ3n) is 3.63. The Bertz CT molecular complexity index is 516. The van der Waals surface area contributed by atoms with Crippen molar-refractivity contribution < 1.29 is 9.53 Å². The zero-order valence-corrected chi connectivity index (χ0v) is 14.8. The van der Waals surface area contributed by atoms with E-state index in [1.165, 1.54) is 0 Å². The van der Waals surface area contributed by atoms with Crippen molar-refractivity contribution >= 4 is 17.7 Å². The van der Waals surface area contributed by atoms with Gasteiger partial charge in [-0.3, -0.25) is 0 Å². The normalized spacial score (nSPS) is 18.8. The first-order valence-corrected chi connectivity index (χ1v) is 8.41. The molecule has 0 unspecified atom stereocenters. The third kappa shape index (κ3) is 5.95. The van der Waals surface area contributed by atoms with Crippen LogP contribution in [0.1, 0.15) is 45.7 Å². The first-order chi connectivity index (χ1) is 10.8. The molecule has 0 aromatic carbocycles. The molecule has 1 aliphatic heterocycles. The topological polar surface area (TPSA) is 67.3 Å². The molecule has 2 rings (SSSR count).